The van der Waals surface area contributed by atoms with Gasteiger partial charge >= 0.3 is 5.97 Å². The summed E-state index contributed by atoms with van der Waals surface area (Å²) in [6.45, 7) is 2.55. The first-order valence-corrected chi connectivity index (χ1v) is 8.68. The summed E-state index contributed by atoms with van der Waals surface area (Å²) < 4.78 is 11.8. The Labute approximate surface area is 143 Å². The Hall–Kier alpha value is -2.06. The minimum atomic E-state index is -0.321. The van der Waals surface area contributed by atoms with Gasteiger partial charge in [0.25, 0.3) is 0 Å². The van der Waals surface area contributed by atoms with Crippen LogP contribution in [0.3, 0.4) is 0 Å². The normalized spacial score (nSPS) is 14.8. The molecular formula is C16H19N3O4S. The fourth-order valence-corrected chi connectivity index (χ4v) is 3.39. The summed E-state index contributed by atoms with van der Waals surface area (Å²) in [5.74, 6) is -0.134. The molecule has 0 aliphatic carbocycles. The SMILES string of the molecule is COC(=O)CSc1nc2ccccc2n1CC(=O)N1CCOCC1. The Bertz CT molecular complexity index is 740. The third kappa shape index (κ3) is 3.70. The van der Waals surface area contributed by atoms with Gasteiger partial charge in [0.1, 0.15) is 6.54 Å². The highest BCUT2D eigenvalue weighted by molar-refractivity contribution is 7.99. The zero-order valence-electron chi connectivity index (χ0n) is 13.4. The van der Waals surface area contributed by atoms with Gasteiger partial charge in [-0.25, -0.2) is 4.98 Å². The maximum absolute atomic E-state index is 12.6. The first-order chi connectivity index (χ1) is 11.7. The van der Waals surface area contributed by atoms with E-state index in [4.69, 9.17) is 4.74 Å². The molecule has 1 aromatic carbocycles. The molecule has 2 heterocycles. The minimum absolute atomic E-state index is 0.0290. The van der Waals surface area contributed by atoms with Crippen LogP contribution in [0.1, 0.15) is 0 Å². The van der Waals surface area contributed by atoms with E-state index in [0.29, 0.717) is 31.5 Å². The number of carbonyl (C=O) groups is 2. The second kappa shape index (κ2) is 7.67. The summed E-state index contributed by atoms with van der Waals surface area (Å²) in [7, 11) is 1.35. The number of ether oxygens (including phenoxy) is 2. The van der Waals surface area contributed by atoms with Crippen molar-refractivity contribution >= 4 is 34.7 Å². The molecule has 1 fully saturated rings. The molecule has 0 atom stereocenters. The molecule has 128 valence electrons. The van der Waals surface area contributed by atoms with Crippen molar-refractivity contribution in [2.75, 3.05) is 39.2 Å². The summed E-state index contributed by atoms with van der Waals surface area (Å²) >= 11 is 1.28. The predicted octanol–water partition coefficient (Wildman–Crippen LogP) is 1.16. The quantitative estimate of drug-likeness (QED) is 0.596. The number of thioether (sulfide) groups is 1. The van der Waals surface area contributed by atoms with Crippen molar-refractivity contribution in [3.05, 3.63) is 24.3 Å². The van der Waals surface area contributed by atoms with Gasteiger partial charge in [-0.15, -0.1) is 0 Å². The van der Waals surface area contributed by atoms with Crippen LogP contribution in [-0.2, 0) is 25.6 Å². The number of benzene rings is 1. The number of esters is 1. The lowest BCUT2D eigenvalue weighted by Crippen LogP contribution is -2.42. The van der Waals surface area contributed by atoms with Crippen LogP contribution < -0.4 is 0 Å². The number of imidazole rings is 1. The zero-order chi connectivity index (χ0) is 16.9. The van der Waals surface area contributed by atoms with Gasteiger partial charge in [-0.2, -0.15) is 0 Å². The highest BCUT2D eigenvalue weighted by atomic mass is 32.2. The Kier molecular flexibility index (Phi) is 5.37. The fraction of sp³-hybridized carbons (Fsp3) is 0.438. The van der Waals surface area contributed by atoms with Crippen LogP contribution in [0.5, 0.6) is 0 Å². The van der Waals surface area contributed by atoms with E-state index in [9.17, 15) is 9.59 Å². The Morgan fingerprint density at radius 1 is 1.29 bits per heavy atom. The van der Waals surface area contributed by atoms with E-state index >= 15 is 0 Å². The smallest absolute Gasteiger partial charge is 0.316 e. The molecule has 1 aliphatic rings. The fourth-order valence-electron chi connectivity index (χ4n) is 2.55. The third-order valence-corrected chi connectivity index (χ3v) is 4.77. The van der Waals surface area contributed by atoms with Crippen LogP contribution in [0.25, 0.3) is 11.0 Å². The molecule has 0 saturated carbocycles. The van der Waals surface area contributed by atoms with E-state index in [1.807, 2.05) is 28.8 Å². The van der Waals surface area contributed by atoms with Crippen molar-refractivity contribution < 1.29 is 19.1 Å². The monoisotopic (exact) mass is 349 g/mol. The molecular weight excluding hydrogens is 330 g/mol. The maximum atomic E-state index is 12.6. The second-order valence-electron chi connectivity index (χ2n) is 5.33. The van der Waals surface area contributed by atoms with E-state index in [0.717, 1.165) is 11.0 Å². The molecule has 0 unspecified atom stereocenters. The van der Waals surface area contributed by atoms with Gasteiger partial charge in [-0.3, -0.25) is 9.59 Å². The number of rotatable bonds is 5. The third-order valence-electron chi connectivity index (χ3n) is 3.82. The molecule has 8 heteroatoms. The standard InChI is InChI=1S/C16H19N3O4S/c1-22-15(21)11-24-16-17-12-4-2-3-5-13(12)19(16)10-14(20)18-6-8-23-9-7-18/h2-5H,6-11H2,1H3. The van der Waals surface area contributed by atoms with Gasteiger partial charge in [0.05, 0.1) is 37.1 Å². The van der Waals surface area contributed by atoms with Gasteiger partial charge in [-0.1, -0.05) is 23.9 Å². The number of aromatic nitrogens is 2. The lowest BCUT2D eigenvalue weighted by molar-refractivity contribution is -0.137. The van der Waals surface area contributed by atoms with Gasteiger partial charge < -0.3 is 18.9 Å². The number of methoxy groups -OCH3 is 1. The number of fused-ring (bicyclic) bond motifs is 1. The molecule has 24 heavy (non-hydrogen) atoms. The number of hydrogen-bond donors (Lipinski definition) is 0. The average Bonchev–Trinajstić information content (AvgIpc) is 2.98. The first kappa shape index (κ1) is 16.8. The molecule has 2 aromatic rings. The number of hydrogen-bond acceptors (Lipinski definition) is 6. The first-order valence-electron chi connectivity index (χ1n) is 7.69. The van der Waals surface area contributed by atoms with Crippen molar-refractivity contribution in [3.63, 3.8) is 0 Å². The lowest BCUT2D eigenvalue weighted by Gasteiger charge is -2.27. The van der Waals surface area contributed by atoms with Gasteiger partial charge in [0, 0.05) is 13.1 Å². The maximum Gasteiger partial charge on any atom is 0.316 e. The summed E-state index contributed by atoms with van der Waals surface area (Å²) in [6.07, 6.45) is 0. The molecule has 0 bridgehead atoms. The highest BCUT2D eigenvalue weighted by Gasteiger charge is 2.20. The lowest BCUT2D eigenvalue weighted by atomic mass is 10.3. The van der Waals surface area contributed by atoms with Crippen LogP contribution >= 0.6 is 11.8 Å². The van der Waals surface area contributed by atoms with Crippen molar-refractivity contribution in [1.29, 1.82) is 0 Å². The number of nitrogens with zero attached hydrogens (tertiary/aromatic N) is 3. The van der Waals surface area contributed by atoms with E-state index < -0.39 is 0 Å². The number of morpholine rings is 1. The molecule has 1 aliphatic heterocycles. The number of carbonyl (C=O) groups excluding carboxylic acids is 2. The van der Waals surface area contributed by atoms with Crippen molar-refractivity contribution in [1.82, 2.24) is 14.5 Å². The van der Waals surface area contributed by atoms with Crippen molar-refractivity contribution in [2.24, 2.45) is 0 Å². The van der Waals surface area contributed by atoms with Crippen LogP contribution in [0.15, 0.2) is 29.4 Å². The molecule has 0 spiro atoms. The molecule has 7 nitrogen and oxygen atoms in total. The van der Waals surface area contributed by atoms with Crippen LogP contribution in [0.4, 0.5) is 0 Å². The van der Waals surface area contributed by atoms with Crippen molar-refractivity contribution in [2.45, 2.75) is 11.7 Å². The Balaban J connectivity index is 1.83. The number of para-hydroxylation sites is 2. The van der Waals surface area contributed by atoms with Crippen molar-refractivity contribution in [3.8, 4) is 0 Å². The topological polar surface area (TPSA) is 73.7 Å². The molecule has 0 N–H and O–H groups in total. The van der Waals surface area contributed by atoms with Crippen LogP contribution in [0.2, 0.25) is 0 Å². The van der Waals surface area contributed by atoms with E-state index in [2.05, 4.69) is 9.72 Å². The summed E-state index contributed by atoms with van der Waals surface area (Å²) in [5.41, 5.74) is 1.69. The predicted molar refractivity (Wildman–Crippen MR) is 89.9 cm³/mol. The average molecular weight is 349 g/mol. The zero-order valence-corrected chi connectivity index (χ0v) is 14.3. The molecule has 0 radical (unpaired) electrons. The molecule has 1 saturated heterocycles. The van der Waals surface area contributed by atoms with Gasteiger partial charge in [0.2, 0.25) is 5.91 Å². The summed E-state index contributed by atoms with van der Waals surface area (Å²) in [6, 6.07) is 7.64. The van der Waals surface area contributed by atoms with E-state index in [1.165, 1.54) is 18.9 Å². The minimum Gasteiger partial charge on any atom is -0.468 e. The van der Waals surface area contributed by atoms with Crippen LogP contribution in [-0.4, -0.2) is 65.5 Å². The Morgan fingerprint density at radius 2 is 2.04 bits per heavy atom. The van der Waals surface area contributed by atoms with Gasteiger partial charge in [-0.05, 0) is 12.1 Å². The van der Waals surface area contributed by atoms with Gasteiger partial charge in [0.15, 0.2) is 5.16 Å². The van der Waals surface area contributed by atoms with E-state index in [1.54, 1.807) is 4.90 Å². The Morgan fingerprint density at radius 3 is 2.79 bits per heavy atom. The molecule has 3 rings (SSSR count). The highest BCUT2D eigenvalue weighted by Crippen LogP contribution is 2.24. The molecule has 1 amide bonds. The second-order valence-corrected chi connectivity index (χ2v) is 6.27. The number of amides is 1. The summed E-state index contributed by atoms with van der Waals surface area (Å²) in [5, 5.41) is 0.642. The molecule has 1 aromatic heterocycles. The van der Waals surface area contributed by atoms with Crippen LogP contribution in [0, 0.1) is 0 Å². The van der Waals surface area contributed by atoms with E-state index in [-0.39, 0.29) is 24.2 Å². The summed E-state index contributed by atoms with van der Waals surface area (Å²) in [4.78, 5) is 30.3. The largest absolute Gasteiger partial charge is 0.468 e.